The van der Waals surface area contributed by atoms with Gasteiger partial charge in [0.1, 0.15) is 0 Å². The molecule has 0 aromatic carbocycles. The molecule has 0 radical (unpaired) electrons. The molecule has 2 atom stereocenters. The van der Waals surface area contributed by atoms with E-state index in [0.29, 0.717) is 19.4 Å². The third kappa shape index (κ3) is 8.22. The Morgan fingerprint density at radius 1 is 1.08 bits per heavy atom. The first-order valence-electron chi connectivity index (χ1n) is 5.04. The Balaban J connectivity index is 3.34. The first kappa shape index (κ1) is 12.9. The maximum Gasteiger partial charge on any atom is 0.0774 e. The molecule has 13 heavy (non-hydrogen) atoms. The van der Waals surface area contributed by atoms with Crippen LogP contribution >= 0.6 is 0 Å². The predicted molar refractivity (Wildman–Crippen MR) is 52.6 cm³/mol. The molecule has 0 rings (SSSR count). The Morgan fingerprint density at radius 3 is 2.08 bits per heavy atom. The fraction of sp³-hybridized carbons (Fsp3) is 1.00. The summed E-state index contributed by atoms with van der Waals surface area (Å²) >= 11 is 0. The number of aliphatic hydroxyl groups excluding tert-OH is 2. The highest BCUT2D eigenvalue weighted by atomic mass is 16.5. The highest BCUT2D eigenvalue weighted by molar-refractivity contribution is 4.59. The number of ether oxygens (including phenoxy) is 1. The van der Waals surface area contributed by atoms with Gasteiger partial charge in [0, 0.05) is 0 Å². The van der Waals surface area contributed by atoms with Crippen LogP contribution in [0.4, 0.5) is 0 Å². The SMILES string of the molecule is CCC(O)CCC(O)COC(C)C. The standard InChI is InChI=1S/C10H22O3/c1-4-9(11)5-6-10(12)7-13-8(2)3/h8-12H,4-7H2,1-3H3. The van der Waals surface area contributed by atoms with E-state index in [1.807, 2.05) is 20.8 Å². The van der Waals surface area contributed by atoms with Crippen LogP contribution < -0.4 is 0 Å². The van der Waals surface area contributed by atoms with Crippen molar-refractivity contribution in [2.75, 3.05) is 6.61 Å². The van der Waals surface area contributed by atoms with E-state index in [-0.39, 0.29) is 12.2 Å². The van der Waals surface area contributed by atoms with Crippen molar-refractivity contribution in [2.24, 2.45) is 0 Å². The van der Waals surface area contributed by atoms with Crippen LogP contribution in [0, 0.1) is 0 Å². The fourth-order valence-electron chi connectivity index (χ4n) is 0.976. The Labute approximate surface area is 80.7 Å². The molecule has 0 aromatic rings. The lowest BCUT2D eigenvalue weighted by Crippen LogP contribution is -2.20. The van der Waals surface area contributed by atoms with Crippen LogP contribution in [-0.2, 0) is 4.74 Å². The van der Waals surface area contributed by atoms with Gasteiger partial charge < -0.3 is 14.9 Å². The second-order valence-electron chi connectivity index (χ2n) is 3.68. The molecule has 0 heterocycles. The molecule has 3 nitrogen and oxygen atoms in total. The first-order chi connectivity index (χ1) is 6.06. The molecule has 2 N–H and O–H groups in total. The fourth-order valence-corrected chi connectivity index (χ4v) is 0.976. The zero-order valence-electron chi connectivity index (χ0n) is 8.86. The molecule has 0 aromatic heterocycles. The van der Waals surface area contributed by atoms with Crippen LogP contribution in [0.3, 0.4) is 0 Å². The van der Waals surface area contributed by atoms with Crippen molar-refractivity contribution >= 4 is 0 Å². The summed E-state index contributed by atoms with van der Waals surface area (Å²) in [5, 5.41) is 18.6. The molecule has 0 aliphatic rings. The Kier molecular flexibility index (Phi) is 7.23. The van der Waals surface area contributed by atoms with Crippen molar-refractivity contribution in [1.29, 1.82) is 0 Å². The number of aliphatic hydroxyl groups is 2. The van der Waals surface area contributed by atoms with Gasteiger partial charge in [-0.1, -0.05) is 6.92 Å². The van der Waals surface area contributed by atoms with Crippen LogP contribution in [0.5, 0.6) is 0 Å². The molecular weight excluding hydrogens is 168 g/mol. The van der Waals surface area contributed by atoms with E-state index in [1.54, 1.807) is 0 Å². The maximum absolute atomic E-state index is 9.41. The highest BCUT2D eigenvalue weighted by Crippen LogP contribution is 2.05. The lowest BCUT2D eigenvalue weighted by Gasteiger charge is -2.14. The average molecular weight is 190 g/mol. The number of hydrogen-bond donors (Lipinski definition) is 2. The van der Waals surface area contributed by atoms with Gasteiger partial charge in [-0.15, -0.1) is 0 Å². The molecule has 2 unspecified atom stereocenters. The van der Waals surface area contributed by atoms with Crippen LogP contribution in [0.15, 0.2) is 0 Å². The lowest BCUT2D eigenvalue weighted by atomic mass is 10.1. The molecule has 0 aliphatic heterocycles. The van der Waals surface area contributed by atoms with E-state index in [0.717, 1.165) is 6.42 Å². The normalized spacial score (nSPS) is 16.2. The minimum atomic E-state index is -0.441. The summed E-state index contributed by atoms with van der Waals surface area (Å²) in [5.74, 6) is 0. The van der Waals surface area contributed by atoms with Crippen molar-refractivity contribution in [3.05, 3.63) is 0 Å². The molecule has 0 saturated heterocycles. The Hall–Kier alpha value is -0.120. The van der Waals surface area contributed by atoms with Gasteiger partial charge in [0.05, 0.1) is 24.9 Å². The van der Waals surface area contributed by atoms with Crippen LogP contribution in [0.25, 0.3) is 0 Å². The molecular formula is C10H22O3. The topological polar surface area (TPSA) is 49.7 Å². The van der Waals surface area contributed by atoms with Gasteiger partial charge >= 0.3 is 0 Å². The largest absolute Gasteiger partial charge is 0.393 e. The van der Waals surface area contributed by atoms with Crippen molar-refractivity contribution < 1.29 is 14.9 Å². The number of rotatable bonds is 7. The van der Waals surface area contributed by atoms with Crippen LogP contribution in [0.2, 0.25) is 0 Å². The second kappa shape index (κ2) is 7.30. The molecule has 0 bridgehead atoms. The molecule has 0 aliphatic carbocycles. The molecule has 0 spiro atoms. The lowest BCUT2D eigenvalue weighted by molar-refractivity contribution is -0.00303. The third-order valence-corrected chi connectivity index (χ3v) is 1.93. The first-order valence-corrected chi connectivity index (χ1v) is 5.04. The summed E-state index contributed by atoms with van der Waals surface area (Å²) in [6.07, 6.45) is 1.45. The van der Waals surface area contributed by atoms with Gasteiger partial charge in [0.2, 0.25) is 0 Å². The van der Waals surface area contributed by atoms with E-state index in [4.69, 9.17) is 4.74 Å². The van der Waals surface area contributed by atoms with Crippen molar-refractivity contribution in [1.82, 2.24) is 0 Å². The summed E-state index contributed by atoms with van der Waals surface area (Å²) in [7, 11) is 0. The minimum Gasteiger partial charge on any atom is -0.393 e. The molecule has 80 valence electrons. The number of hydrogen-bond acceptors (Lipinski definition) is 3. The van der Waals surface area contributed by atoms with E-state index in [9.17, 15) is 10.2 Å². The quantitative estimate of drug-likeness (QED) is 0.636. The molecule has 3 heteroatoms. The summed E-state index contributed by atoms with van der Waals surface area (Å²) in [6.45, 7) is 6.18. The average Bonchev–Trinajstić information content (AvgIpc) is 2.10. The van der Waals surface area contributed by atoms with Crippen molar-refractivity contribution in [3.63, 3.8) is 0 Å². The van der Waals surface area contributed by atoms with E-state index in [1.165, 1.54) is 0 Å². The van der Waals surface area contributed by atoms with Crippen molar-refractivity contribution in [2.45, 2.75) is 58.3 Å². The summed E-state index contributed by atoms with van der Waals surface area (Å²) < 4.78 is 5.24. The highest BCUT2D eigenvalue weighted by Gasteiger charge is 2.08. The summed E-state index contributed by atoms with van der Waals surface area (Å²) in [5.41, 5.74) is 0. The third-order valence-electron chi connectivity index (χ3n) is 1.93. The zero-order valence-corrected chi connectivity index (χ0v) is 8.86. The zero-order chi connectivity index (χ0) is 10.3. The van der Waals surface area contributed by atoms with Crippen molar-refractivity contribution in [3.8, 4) is 0 Å². The van der Waals surface area contributed by atoms with Gasteiger partial charge in [-0.25, -0.2) is 0 Å². The van der Waals surface area contributed by atoms with E-state index >= 15 is 0 Å². The molecule has 0 amide bonds. The maximum atomic E-state index is 9.41. The molecule has 0 saturated carbocycles. The summed E-state index contributed by atoms with van der Waals surface area (Å²) in [4.78, 5) is 0. The minimum absolute atomic E-state index is 0.158. The van der Waals surface area contributed by atoms with Gasteiger partial charge in [0.25, 0.3) is 0 Å². The van der Waals surface area contributed by atoms with E-state index < -0.39 is 6.10 Å². The second-order valence-corrected chi connectivity index (χ2v) is 3.68. The van der Waals surface area contributed by atoms with Crippen LogP contribution in [-0.4, -0.2) is 35.1 Å². The molecule has 0 fully saturated rings. The van der Waals surface area contributed by atoms with E-state index in [2.05, 4.69) is 0 Å². The van der Waals surface area contributed by atoms with Gasteiger partial charge in [0.15, 0.2) is 0 Å². The Bertz CT molecular complexity index is 115. The van der Waals surface area contributed by atoms with Gasteiger partial charge in [-0.2, -0.15) is 0 Å². The monoisotopic (exact) mass is 190 g/mol. The smallest absolute Gasteiger partial charge is 0.0774 e. The summed E-state index contributed by atoms with van der Waals surface area (Å²) in [6, 6.07) is 0. The predicted octanol–water partition coefficient (Wildman–Crippen LogP) is 1.32. The van der Waals surface area contributed by atoms with Gasteiger partial charge in [-0.3, -0.25) is 0 Å². The van der Waals surface area contributed by atoms with Crippen LogP contribution in [0.1, 0.15) is 40.0 Å². The Morgan fingerprint density at radius 2 is 1.62 bits per heavy atom. The van der Waals surface area contributed by atoms with Gasteiger partial charge in [-0.05, 0) is 33.1 Å².